The second-order valence-electron chi connectivity index (χ2n) is 6.40. The number of amides is 1. The smallest absolute Gasteiger partial charge is 0.234 e. The highest BCUT2D eigenvalue weighted by atomic mass is 35.5. The highest BCUT2D eigenvalue weighted by molar-refractivity contribution is 6.30. The largest absolute Gasteiger partial charge is 0.352 e. The van der Waals surface area contributed by atoms with Crippen LogP contribution in [-0.4, -0.2) is 34.5 Å². The van der Waals surface area contributed by atoms with E-state index in [0.717, 1.165) is 36.5 Å². The number of hydrogen-bond acceptors (Lipinski definition) is 2. The average Bonchev–Trinajstić information content (AvgIpc) is 3.20. The van der Waals surface area contributed by atoms with Crippen molar-refractivity contribution < 1.29 is 4.79 Å². The Hall–Kier alpha value is -1.78. The Labute approximate surface area is 141 Å². The van der Waals surface area contributed by atoms with Gasteiger partial charge in [0.2, 0.25) is 5.91 Å². The number of hydrogen-bond donors (Lipinski definition) is 1. The van der Waals surface area contributed by atoms with Gasteiger partial charge in [-0.05, 0) is 42.7 Å². The molecule has 1 aromatic heterocycles. The Bertz CT molecular complexity index is 723. The number of nitrogens with one attached hydrogen (secondary N) is 1. The Balaban J connectivity index is 1.63. The van der Waals surface area contributed by atoms with Gasteiger partial charge in [0, 0.05) is 36.0 Å². The summed E-state index contributed by atoms with van der Waals surface area (Å²) >= 11 is 6.19. The third-order valence-electron chi connectivity index (χ3n) is 4.59. The van der Waals surface area contributed by atoms with Gasteiger partial charge in [-0.3, -0.25) is 9.69 Å². The second-order valence-corrected chi connectivity index (χ2v) is 6.83. The number of benzene rings is 1. The summed E-state index contributed by atoms with van der Waals surface area (Å²) in [5.74, 6) is 0.125. The third kappa shape index (κ3) is 3.14. The molecular formula is C18H20ClN3O. The third-order valence-corrected chi connectivity index (χ3v) is 4.83. The molecule has 0 spiro atoms. The van der Waals surface area contributed by atoms with Crippen molar-refractivity contribution in [3.05, 3.63) is 58.9 Å². The van der Waals surface area contributed by atoms with Gasteiger partial charge in [0.25, 0.3) is 0 Å². The van der Waals surface area contributed by atoms with Gasteiger partial charge < -0.3 is 9.88 Å². The van der Waals surface area contributed by atoms with E-state index in [-0.39, 0.29) is 11.9 Å². The van der Waals surface area contributed by atoms with E-state index in [1.807, 2.05) is 18.2 Å². The lowest BCUT2D eigenvalue weighted by Crippen LogP contribution is -2.44. The first-order valence-corrected chi connectivity index (χ1v) is 8.52. The van der Waals surface area contributed by atoms with Crippen LogP contribution in [0, 0.1) is 0 Å². The van der Waals surface area contributed by atoms with Crippen LogP contribution in [0.4, 0.5) is 0 Å². The summed E-state index contributed by atoms with van der Waals surface area (Å²) < 4.78 is 2.26. The molecule has 4 rings (SSSR count). The van der Waals surface area contributed by atoms with Crippen LogP contribution in [0.3, 0.4) is 0 Å². The normalized spacial score (nSPS) is 21.0. The number of carbonyl (C=O) groups is 1. The molecule has 2 aromatic rings. The van der Waals surface area contributed by atoms with Crippen LogP contribution in [0.1, 0.15) is 30.1 Å². The molecule has 1 atom stereocenters. The van der Waals surface area contributed by atoms with Crippen molar-refractivity contribution in [2.24, 2.45) is 0 Å². The van der Waals surface area contributed by atoms with E-state index < -0.39 is 0 Å². The predicted octanol–water partition coefficient (Wildman–Crippen LogP) is 2.83. The monoisotopic (exact) mass is 329 g/mol. The fourth-order valence-corrected chi connectivity index (χ4v) is 3.54. The van der Waals surface area contributed by atoms with E-state index in [1.165, 1.54) is 5.69 Å². The Morgan fingerprint density at radius 1 is 1.22 bits per heavy atom. The van der Waals surface area contributed by atoms with Crippen molar-refractivity contribution in [3.63, 3.8) is 0 Å². The van der Waals surface area contributed by atoms with Gasteiger partial charge in [-0.25, -0.2) is 0 Å². The predicted molar refractivity (Wildman–Crippen MR) is 90.5 cm³/mol. The van der Waals surface area contributed by atoms with E-state index in [2.05, 4.69) is 39.2 Å². The molecule has 23 heavy (non-hydrogen) atoms. The summed E-state index contributed by atoms with van der Waals surface area (Å²) in [5.41, 5.74) is 2.36. The highest BCUT2D eigenvalue weighted by Gasteiger charge is 2.31. The Morgan fingerprint density at radius 2 is 2.09 bits per heavy atom. The van der Waals surface area contributed by atoms with Crippen LogP contribution in [0.25, 0.3) is 0 Å². The minimum atomic E-state index is 0.0717. The molecule has 1 unspecified atom stereocenters. The van der Waals surface area contributed by atoms with Gasteiger partial charge in [0.05, 0.1) is 12.6 Å². The van der Waals surface area contributed by atoms with Gasteiger partial charge in [-0.15, -0.1) is 0 Å². The Kier molecular flexibility index (Phi) is 3.87. The lowest BCUT2D eigenvalue weighted by molar-refractivity contribution is -0.123. The van der Waals surface area contributed by atoms with Crippen molar-refractivity contribution in [1.29, 1.82) is 0 Å². The molecule has 2 heterocycles. The SMILES string of the molecule is O=C(CN1CCn2cccc2C1c1cccc(Cl)c1)NC1CC1. The maximum absolute atomic E-state index is 12.3. The molecule has 2 aliphatic rings. The minimum Gasteiger partial charge on any atom is -0.352 e. The molecule has 1 aromatic carbocycles. The first kappa shape index (κ1) is 14.8. The summed E-state index contributed by atoms with van der Waals surface area (Å²) in [6.45, 7) is 2.20. The molecule has 0 radical (unpaired) electrons. The zero-order chi connectivity index (χ0) is 15.8. The van der Waals surface area contributed by atoms with Gasteiger partial charge >= 0.3 is 0 Å². The van der Waals surface area contributed by atoms with Crippen LogP contribution < -0.4 is 5.32 Å². The van der Waals surface area contributed by atoms with Gasteiger partial charge in [0.15, 0.2) is 0 Å². The standard InChI is InChI=1S/C18H20ClN3O/c19-14-4-1-3-13(11-14)18-16-5-2-8-21(16)9-10-22(18)12-17(23)20-15-6-7-15/h1-5,8,11,15,18H,6-7,9-10,12H2,(H,20,23). The van der Waals surface area contributed by atoms with Crippen molar-refractivity contribution in [2.45, 2.75) is 31.5 Å². The van der Waals surface area contributed by atoms with E-state index in [1.54, 1.807) is 0 Å². The molecule has 5 heteroatoms. The van der Waals surface area contributed by atoms with E-state index in [0.29, 0.717) is 12.6 Å². The fourth-order valence-electron chi connectivity index (χ4n) is 3.35. The van der Waals surface area contributed by atoms with Crippen molar-refractivity contribution >= 4 is 17.5 Å². The zero-order valence-electron chi connectivity index (χ0n) is 12.9. The average molecular weight is 330 g/mol. The Morgan fingerprint density at radius 3 is 2.87 bits per heavy atom. The molecule has 4 nitrogen and oxygen atoms in total. The molecule has 0 saturated heterocycles. The first-order valence-electron chi connectivity index (χ1n) is 8.14. The lowest BCUT2D eigenvalue weighted by atomic mass is 10.00. The number of nitrogens with zero attached hydrogens (tertiary/aromatic N) is 2. The molecule has 1 aliphatic carbocycles. The van der Waals surface area contributed by atoms with Crippen molar-refractivity contribution in [2.75, 3.05) is 13.1 Å². The van der Waals surface area contributed by atoms with Gasteiger partial charge in [-0.1, -0.05) is 23.7 Å². The summed E-state index contributed by atoms with van der Waals surface area (Å²) in [7, 11) is 0. The number of aromatic nitrogens is 1. The van der Waals surface area contributed by atoms with Crippen LogP contribution in [0.2, 0.25) is 5.02 Å². The molecule has 1 aliphatic heterocycles. The maximum atomic E-state index is 12.3. The van der Waals surface area contributed by atoms with Crippen molar-refractivity contribution in [3.8, 4) is 0 Å². The number of carbonyl (C=O) groups excluding carboxylic acids is 1. The summed E-state index contributed by atoms with van der Waals surface area (Å²) in [5, 5.41) is 3.82. The number of halogens is 1. The minimum absolute atomic E-state index is 0.0717. The molecule has 120 valence electrons. The molecular weight excluding hydrogens is 310 g/mol. The molecule has 1 saturated carbocycles. The topological polar surface area (TPSA) is 37.3 Å². The number of rotatable bonds is 4. The summed E-state index contributed by atoms with van der Waals surface area (Å²) in [6.07, 6.45) is 4.34. The lowest BCUT2D eigenvalue weighted by Gasteiger charge is -2.37. The molecule has 0 bridgehead atoms. The van der Waals surface area contributed by atoms with E-state index in [9.17, 15) is 4.79 Å². The summed E-state index contributed by atoms with van der Waals surface area (Å²) in [4.78, 5) is 14.5. The summed E-state index contributed by atoms with van der Waals surface area (Å²) in [6, 6.07) is 12.6. The van der Waals surface area contributed by atoms with Gasteiger partial charge in [0.1, 0.15) is 0 Å². The molecule has 1 fully saturated rings. The number of fused-ring (bicyclic) bond motifs is 1. The van der Waals surface area contributed by atoms with E-state index >= 15 is 0 Å². The highest BCUT2D eigenvalue weighted by Crippen LogP contribution is 2.33. The van der Waals surface area contributed by atoms with Gasteiger partial charge in [-0.2, -0.15) is 0 Å². The fraction of sp³-hybridized carbons (Fsp3) is 0.389. The quantitative estimate of drug-likeness (QED) is 0.936. The maximum Gasteiger partial charge on any atom is 0.234 e. The second kappa shape index (κ2) is 6.02. The van der Waals surface area contributed by atoms with Crippen molar-refractivity contribution in [1.82, 2.24) is 14.8 Å². The van der Waals surface area contributed by atoms with Crippen LogP contribution in [0.15, 0.2) is 42.6 Å². The van der Waals surface area contributed by atoms with Crippen LogP contribution >= 0.6 is 11.6 Å². The van der Waals surface area contributed by atoms with Crippen LogP contribution in [0.5, 0.6) is 0 Å². The zero-order valence-corrected chi connectivity index (χ0v) is 13.7. The molecule has 1 N–H and O–H groups in total. The molecule has 1 amide bonds. The first-order chi connectivity index (χ1) is 11.2. The van der Waals surface area contributed by atoms with Crippen LogP contribution in [-0.2, 0) is 11.3 Å². The van der Waals surface area contributed by atoms with E-state index in [4.69, 9.17) is 11.6 Å².